The number of methoxy groups -OCH3 is 2. The molecule has 0 N–H and O–H groups in total. The molecule has 118 valence electrons. The van der Waals surface area contributed by atoms with Crippen LogP contribution in [0, 0.1) is 0 Å². The quantitative estimate of drug-likeness (QED) is 0.612. The predicted molar refractivity (Wildman–Crippen MR) is 90.7 cm³/mol. The summed E-state index contributed by atoms with van der Waals surface area (Å²) in [6.07, 6.45) is 3.30. The monoisotopic (exact) mass is 328 g/mol. The SMILES string of the molecule is COc1ccc(C=CC(=O)c2cc3c(cc2OC)SCO3)cc1. The first-order valence-electron chi connectivity index (χ1n) is 7.05. The molecular weight excluding hydrogens is 312 g/mol. The van der Waals surface area contributed by atoms with Gasteiger partial charge in [0.15, 0.2) is 5.78 Å². The minimum absolute atomic E-state index is 0.124. The van der Waals surface area contributed by atoms with Crippen molar-refractivity contribution in [2.75, 3.05) is 20.2 Å². The molecule has 0 amide bonds. The highest BCUT2D eigenvalue weighted by Gasteiger charge is 2.19. The Morgan fingerprint density at radius 1 is 1.17 bits per heavy atom. The van der Waals surface area contributed by atoms with Crippen LogP contribution >= 0.6 is 11.8 Å². The summed E-state index contributed by atoms with van der Waals surface area (Å²) >= 11 is 1.59. The number of benzene rings is 2. The Morgan fingerprint density at radius 3 is 2.65 bits per heavy atom. The first-order chi connectivity index (χ1) is 11.2. The molecule has 0 aliphatic carbocycles. The van der Waals surface area contributed by atoms with Crippen LogP contribution in [0.2, 0.25) is 0 Å². The van der Waals surface area contributed by atoms with E-state index in [0.29, 0.717) is 17.3 Å². The van der Waals surface area contributed by atoms with Crippen molar-refractivity contribution in [1.29, 1.82) is 0 Å². The number of carbonyl (C=O) groups is 1. The van der Waals surface area contributed by atoms with E-state index in [4.69, 9.17) is 14.2 Å². The van der Waals surface area contributed by atoms with Crippen LogP contribution in [0.25, 0.3) is 6.08 Å². The van der Waals surface area contributed by atoms with E-state index in [1.807, 2.05) is 30.3 Å². The van der Waals surface area contributed by atoms with Gasteiger partial charge in [0.25, 0.3) is 0 Å². The summed E-state index contributed by atoms with van der Waals surface area (Å²) < 4.78 is 15.9. The minimum atomic E-state index is -0.124. The number of carbonyl (C=O) groups excluding carboxylic acids is 1. The zero-order valence-corrected chi connectivity index (χ0v) is 13.7. The smallest absolute Gasteiger partial charge is 0.189 e. The summed E-state index contributed by atoms with van der Waals surface area (Å²) in [6, 6.07) is 11.1. The maximum atomic E-state index is 12.5. The molecule has 0 radical (unpaired) electrons. The van der Waals surface area contributed by atoms with Crippen LogP contribution in [-0.4, -0.2) is 25.9 Å². The summed E-state index contributed by atoms with van der Waals surface area (Å²) in [5.74, 6) is 2.52. The molecule has 0 fully saturated rings. The molecule has 2 aromatic rings. The lowest BCUT2D eigenvalue weighted by Gasteiger charge is -2.08. The van der Waals surface area contributed by atoms with Gasteiger partial charge in [0.1, 0.15) is 23.2 Å². The number of rotatable bonds is 5. The standard InChI is InChI=1S/C18H16O4S/c1-20-13-6-3-12(4-7-13)5-8-15(19)14-9-17-18(23-11-22-17)10-16(14)21-2/h3-10H,11H2,1-2H3. The van der Waals surface area contributed by atoms with Gasteiger partial charge in [-0.2, -0.15) is 0 Å². The molecule has 0 saturated carbocycles. The maximum absolute atomic E-state index is 12.5. The number of ether oxygens (including phenoxy) is 3. The summed E-state index contributed by atoms with van der Waals surface area (Å²) in [5, 5.41) is 0. The molecule has 0 bridgehead atoms. The lowest BCUT2D eigenvalue weighted by molar-refractivity contribution is 0.104. The van der Waals surface area contributed by atoms with Gasteiger partial charge in [-0.3, -0.25) is 4.79 Å². The highest BCUT2D eigenvalue weighted by molar-refractivity contribution is 7.99. The molecule has 0 saturated heterocycles. The van der Waals surface area contributed by atoms with E-state index in [2.05, 4.69) is 0 Å². The van der Waals surface area contributed by atoms with Crippen molar-refractivity contribution in [1.82, 2.24) is 0 Å². The van der Waals surface area contributed by atoms with Gasteiger partial charge in [-0.1, -0.05) is 30.0 Å². The maximum Gasteiger partial charge on any atom is 0.189 e. The molecule has 2 aromatic carbocycles. The number of fused-ring (bicyclic) bond motifs is 1. The van der Waals surface area contributed by atoms with E-state index < -0.39 is 0 Å². The van der Waals surface area contributed by atoms with Crippen molar-refractivity contribution in [3.63, 3.8) is 0 Å². The fourth-order valence-electron chi connectivity index (χ4n) is 2.26. The number of hydrogen-bond donors (Lipinski definition) is 0. The van der Waals surface area contributed by atoms with E-state index in [9.17, 15) is 4.79 Å². The summed E-state index contributed by atoms with van der Waals surface area (Å²) in [6.45, 7) is 0. The largest absolute Gasteiger partial charge is 0.497 e. The third-order valence-electron chi connectivity index (χ3n) is 3.50. The van der Waals surface area contributed by atoms with Gasteiger partial charge in [0.2, 0.25) is 0 Å². The molecule has 1 heterocycles. The second-order valence-corrected chi connectivity index (χ2v) is 5.84. The van der Waals surface area contributed by atoms with Gasteiger partial charge < -0.3 is 14.2 Å². The number of allylic oxidation sites excluding steroid dienone is 1. The van der Waals surface area contributed by atoms with Crippen molar-refractivity contribution in [2.24, 2.45) is 0 Å². The second-order valence-electron chi connectivity index (χ2n) is 4.88. The first kappa shape index (κ1) is 15.5. The van der Waals surface area contributed by atoms with Crippen LogP contribution in [0.5, 0.6) is 17.2 Å². The van der Waals surface area contributed by atoms with Gasteiger partial charge in [0, 0.05) is 0 Å². The Bertz CT molecular complexity index is 750. The van der Waals surface area contributed by atoms with Crippen molar-refractivity contribution >= 4 is 23.6 Å². The summed E-state index contributed by atoms with van der Waals surface area (Å²) in [4.78, 5) is 13.5. The molecule has 0 aromatic heterocycles. The third kappa shape index (κ3) is 3.35. The van der Waals surface area contributed by atoms with Crippen LogP contribution in [0.3, 0.4) is 0 Å². The molecule has 3 rings (SSSR count). The van der Waals surface area contributed by atoms with E-state index in [-0.39, 0.29) is 5.78 Å². The lowest BCUT2D eigenvalue weighted by Crippen LogP contribution is -1.99. The van der Waals surface area contributed by atoms with Crippen molar-refractivity contribution < 1.29 is 19.0 Å². The van der Waals surface area contributed by atoms with Crippen LogP contribution in [0.15, 0.2) is 47.4 Å². The minimum Gasteiger partial charge on any atom is -0.497 e. The van der Waals surface area contributed by atoms with Gasteiger partial charge in [0.05, 0.1) is 24.7 Å². The molecule has 0 unspecified atom stereocenters. The molecule has 1 aliphatic heterocycles. The predicted octanol–water partition coefficient (Wildman–Crippen LogP) is 4.04. The molecular formula is C18H16O4S. The van der Waals surface area contributed by atoms with Crippen LogP contribution in [-0.2, 0) is 0 Å². The number of hydrogen-bond acceptors (Lipinski definition) is 5. The number of ketones is 1. The van der Waals surface area contributed by atoms with E-state index in [0.717, 1.165) is 22.0 Å². The fraction of sp³-hybridized carbons (Fsp3) is 0.167. The van der Waals surface area contributed by atoms with Crippen LogP contribution in [0.4, 0.5) is 0 Å². The van der Waals surface area contributed by atoms with Crippen LogP contribution < -0.4 is 14.2 Å². The van der Waals surface area contributed by atoms with Gasteiger partial charge in [-0.05, 0) is 35.9 Å². The molecule has 23 heavy (non-hydrogen) atoms. The Balaban J connectivity index is 1.83. The Labute approximate surface area is 139 Å². The highest BCUT2D eigenvalue weighted by Crippen LogP contribution is 2.40. The Kier molecular flexibility index (Phi) is 4.57. The number of thioether (sulfide) groups is 1. The van der Waals surface area contributed by atoms with Gasteiger partial charge in [-0.15, -0.1) is 0 Å². The van der Waals surface area contributed by atoms with Crippen LogP contribution in [0.1, 0.15) is 15.9 Å². The summed E-state index contributed by atoms with van der Waals surface area (Å²) in [5.41, 5.74) is 1.42. The van der Waals surface area contributed by atoms with Gasteiger partial charge in [-0.25, -0.2) is 0 Å². The highest BCUT2D eigenvalue weighted by atomic mass is 32.2. The molecule has 5 heteroatoms. The lowest BCUT2D eigenvalue weighted by atomic mass is 10.1. The van der Waals surface area contributed by atoms with E-state index in [1.165, 1.54) is 6.08 Å². The van der Waals surface area contributed by atoms with Crippen molar-refractivity contribution in [3.05, 3.63) is 53.6 Å². The first-order valence-corrected chi connectivity index (χ1v) is 8.04. The molecule has 0 spiro atoms. The average molecular weight is 328 g/mol. The average Bonchev–Trinajstić information content (AvgIpc) is 3.06. The van der Waals surface area contributed by atoms with E-state index in [1.54, 1.807) is 38.1 Å². The third-order valence-corrected chi connectivity index (χ3v) is 4.37. The Hall–Kier alpha value is -2.40. The molecule has 1 aliphatic rings. The zero-order chi connectivity index (χ0) is 16.2. The molecule has 0 atom stereocenters. The van der Waals surface area contributed by atoms with E-state index >= 15 is 0 Å². The Morgan fingerprint density at radius 2 is 1.96 bits per heavy atom. The van der Waals surface area contributed by atoms with Gasteiger partial charge >= 0.3 is 0 Å². The zero-order valence-electron chi connectivity index (χ0n) is 12.9. The fourth-order valence-corrected chi connectivity index (χ4v) is 3.02. The summed E-state index contributed by atoms with van der Waals surface area (Å²) in [7, 11) is 3.18. The second kappa shape index (κ2) is 6.79. The molecule has 4 nitrogen and oxygen atoms in total. The topological polar surface area (TPSA) is 44.8 Å². The normalized spacial score (nSPS) is 12.8. The van der Waals surface area contributed by atoms with Crippen molar-refractivity contribution in [2.45, 2.75) is 4.90 Å². The van der Waals surface area contributed by atoms with Crippen molar-refractivity contribution in [3.8, 4) is 17.2 Å².